The number of ether oxygens (including phenoxy) is 2. The fraction of sp³-hybridized carbons (Fsp3) is 0.353. The summed E-state index contributed by atoms with van der Waals surface area (Å²) in [5.41, 5.74) is 0.393. The third-order valence-corrected chi connectivity index (χ3v) is 3.00. The molecule has 2 aromatic rings. The van der Waals surface area contributed by atoms with Gasteiger partial charge in [0, 0.05) is 24.7 Å². The normalized spacial score (nSPS) is 10.9. The van der Waals surface area contributed by atoms with Crippen LogP contribution in [-0.4, -0.2) is 40.0 Å². The Morgan fingerprint density at radius 3 is 2.32 bits per heavy atom. The Balaban J connectivity index is 2.29. The Morgan fingerprint density at radius 2 is 1.84 bits per heavy atom. The second-order valence-electron chi connectivity index (χ2n) is 6.21. The van der Waals surface area contributed by atoms with E-state index in [-0.39, 0.29) is 12.5 Å². The predicted octanol–water partition coefficient (Wildman–Crippen LogP) is 2.63. The lowest BCUT2D eigenvalue weighted by Crippen LogP contribution is -2.37. The molecule has 8 nitrogen and oxygen atoms in total. The van der Waals surface area contributed by atoms with Gasteiger partial charge in [0.15, 0.2) is 6.29 Å². The number of rotatable bonds is 5. The van der Waals surface area contributed by atoms with E-state index in [0.29, 0.717) is 17.7 Å². The molecular weight excluding hydrogens is 324 g/mol. The van der Waals surface area contributed by atoms with E-state index in [1.807, 2.05) is 0 Å². The summed E-state index contributed by atoms with van der Waals surface area (Å²) in [6, 6.07) is 3.47. The van der Waals surface area contributed by atoms with E-state index in [1.165, 1.54) is 24.4 Å². The van der Waals surface area contributed by atoms with Gasteiger partial charge in [-0.2, -0.15) is 0 Å². The number of carbonyl (C=O) groups excluding carboxylic acids is 2. The Morgan fingerprint density at radius 1 is 1.16 bits per heavy atom. The van der Waals surface area contributed by atoms with Gasteiger partial charge in [-0.05, 0) is 26.3 Å². The van der Waals surface area contributed by atoms with Crippen LogP contribution in [-0.2, 0) is 11.3 Å². The molecule has 0 spiro atoms. The van der Waals surface area contributed by atoms with Crippen LogP contribution in [0.4, 0.5) is 10.7 Å². The van der Waals surface area contributed by atoms with Gasteiger partial charge in [-0.3, -0.25) is 4.79 Å². The largest absolute Gasteiger partial charge is 0.481 e. The van der Waals surface area contributed by atoms with Gasteiger partial charge in [0.2, 0.25) is 11.8 Å². The molecular formula is C17H20N4O4. The summed E-state index contributed by atoms with van der Waals surface area (Å²) in [5, 5.41) is 0. The summed E-state index contributed by atoms with van der Waals surface area (Å²) in [4.78, 5) is 36.8. The lowest BCUT2D eigenvalue weighted by atomic mass is 10.2. The molecule has 132 valence electrons. The van der Waals surface area contributed by atoms with Crippen molar-refractivity contribution in [2.24, 2.45) is 0 Å². The van der Waals surface area contributed by atoms with Gasteiger partial charge in [0.1, 0.15) is 5.60 Å². The predicted molar refractivity (Wildman–Crippen MR) is 90.6 cm³/mol. The van der Waals surface area contributed by atoms with Crippen molar-refractivity contribution in [1.82, 2.24) is 15.0 Å². The van der Waals surface area contributed by atoms with Crippen LogP contribution < -0.4 is 9.64 Å². The lowest BCUT2D eigenvalue weighted by molar-refractivity contribution is 0.0575. The average Bonchev–Trinajstić information content (AvgIpc) is 2.59. The van der Waals surface area contributed by atoms with E-state index in [0.717, 1.165) is 5.56 Å². The molecule has 2 aromatic heterocycles. The zero-order chi connectivity index (χ0) is 18.4. The van der Waals surface area contributed by atoms with Crippen LogP contribution in [0.15, 0.2) is 30.7 Å². The van der Waals surface area contributed by atoms with E-state index in [1.54, 1.807) is 39.1 Å². The van der Waals surface area contributed by atoms with Crippen molar-refractivity contribution in [3.8, 4) is 5.88 Å². The number of nitrogens with zero attached hydrogens (tertiary/aromatic N) is 4. The van der Waals surface area contributed by atoms with Gasteiger partial charge in [-0.15, -0.1) is 0 Å². The van der Waals surface area contributed by atoms with Crippen molar-refractivity contribution >= 4 is 18.3 Å². The summed E-state index contributed by atoms with van der Waals surface area (Å²) in [6.45, 7) is 5.48. The van der Waals surface area contributed by atoms with Crippen molar-refractivity contribution in [2.45, 2.75) is 32.9 Å². The van der Waals surface area contributed by atoms with Crippen molar-refractivity contribution in [3.63, 3.8) is 0 Å². The number of amides is 1. The summed E-state index contributed by atoms with van der Waals surface area (Å²) in [5.74, 6) is 0.606. The highest BCUT2D eigenvalue weighted by molar-refractivity contribution is 5.85. The van der Waals surface area contributed by atoms with Crippen LogP contribution >= 0.6 is 0 Å². The Kier molecular flexibility index (Phi) is 5.63. The molecule has 0 radical (unpaired) electrons. The lowest BCUT2D eigenvalue weighted by Gasteiger charge is -2.26. The highest BCUT2D eigenvalue weighted by Gasteiger charge is 2.25. The molecule has 2 rings (SSSR count). The third kappa shape index (κ3) is 5.23. The summed E-state index contributed by atoms with van der Waals surface area (Å²) >= 11 is 0. The average molecular weight is 344 g/mol. The molecule has 0 unspecified atom stereocenters. The fourth-order valence-corrected chi connectivity index (χ4v) is 1.87. The van der Waals surface area contributed by atoms with Gasteiger partial charge in [0.25, 0.3) is 0 Å². The Bertz CT molecular complexity index is 724. The second kappa shape index (κ2) is 7.69. The van der Waals surface area contributed by atoms with E-state index >= 15 is 0 Å². The highest BCUT2D eigenvalue weighted by Crippen LogP contribution is 2.18. The third-order valence-electron chi connectivity index (χ3n) is 3.00. The van der Waals surface area contributed by atoms with E-state index < -0.39 is 11.7 Å². The number of pyridine rings is 1. The fourth-order valence-electron chi connectivity index (χ4n) is 1.87. The highest BCUT2D eigenvalue weighted by atomic mass is 16.6. The minimum absolute atomic E-state index is 0.135. The first-order valence-corrected chi connectivity index (χ1v) is 7.59. The summed E-state index contributed by atoms with van der Waals surface area (Å²) < 4.78 is 10.4. The molecule has 0 aromatic carbocycles. The Labute approximate surface area is 145 Å². The summed E-state index contributed by atoms with van der Waals surface area (Å²) in [6.07, 6.45) is 4.32. The maximum Gasteiger partial charge on any atom is 0.417 e. The SMILES string of the molecule is COc1ccc(CN(C(=O)OC(C)(C)C)c2ncc(C=O)cn2)cn1. The number of anilines is 1. The van der Waals surface area contributed by atoms with Crippen LogP contribution in [0.2, 0.25) is 0 Å². The maximum absolute atomic E-state index is 12.6. The number of methoxy groups -OCH3 is 1. The molecule has 0 aliphatic carbocycles. The van der Waals surface area contributed by atoms with Crippen LogP contribution in [0.3, 0.4) is 0 Å². The van der Waals surface area contributed by atoms with Crippen molar-refractivity contribution < 1.29 is 19.1 Å². The number of hydrogen-bond acceptors (Lipinski definition) is 7. The minimum atomic E-state index is -0.670. The molecule has 0 bridgehead atoms. The monoisotopic (exact) mass is 344 g/mol. The van der Waals surface area contributed by atoms with Crippen molar-refractivity contribution in [1.29, 1.82) is 0 Å². The first kappa shape index (κ1) is 18.3. The number of hydrogen-bond donors (Lipinski definition) is 0. The molecule has 0 saturated heterocycles. The molecule has 1 amide bonds. The maximum atomic E-state index is 12.6. The van der Waals surface area contributed by atoms with Gasteiger partial charge in [-0.1, -0.05) is 6.07 Å². The zero-order valence-corrected chi connectivity index (χ0v) is 14.6. The van der Waals surface area contributed by atoms with E-state index in [4.69, 9.17) is 9.47 Å². The van der Waals surface area contributed by atoms with Gasteiger partial charge < -0.3 is 9.47 Å². The molecule has 8 heteroatoms. The first-order valence-electron chi connectivity index (χ1n) is 7.59. The van der Waals surface area contributed by atoms with Crippen LogP contribution in [0, 0.1) is 0 Å². The van der Waals surface area contributed by atoms with Crippen LogP contribution in [0.5, 0.6) is 5.88 Å². The molecule has 0 aliphatic rings. The molecule has 0 saturated carbocycles. The van der Waals surface area contributed by atoms with Gasteiger partial charge in [0.05, 0.1) is 19.2 Å². The first-order chi connectivity index (χ1) is 11.8. The smallest absolute Gasteiger partial charge is 0.417 e. The molecule has 0 N–H and O–H groups in total. The molecule has 2 heterocycles. The van der Waals surface area contributed by atoms with Gasteiger partial charge >= 0.3 is 6.09 Å². The van der Waals surface area contributed by atoms with Crippen LogP contribution in [0.25, 0.3) is 0 Å². The van der Waals surface area contributed by atoms with E-state index in [2.05, 4.69) is 15.0 Å². The molecule has 0 aliphatic heterocycles. The quantitative estimate of drug-likeness (QED) is 0.769. The van der Waals surface area contributed by atoms with Crippen molar-refractivity contribution in [3.05, 3.63) is 41.9 Å². The standard InChI is InChI=1S/C17H20N4O4/c1-17(2,3)25-16(23)21(15-19-8-13(11-22)9-20-15)10-12-5-6-14(24-4)18-7-12/h5-9,11H,10H2,1-4H3. The second-order valence-corrected chi connectivity index (χ2v) is 6.21. The summed E-state index contributed by atoms with van der Waals surface area (Å²) in [7, 11) is 1.53. The number of aldehydes is 1. The molecule has 25 heavy (non-hydrogen) atoms. The number of carbonyl (C=O) groups is 2. The van der Waals surface area contributed by atoms with Crippen LogP contribution in [0.1, 0.15) is 36.7 Å². The van der Waals surface area contributed by atoms with E-state index in [9.17, 15) is 9.59 Å². The zero-order valence-electron chi connectivity index (χ0n) is 14.6. The molecule has 0 fully saturated rings. The van der Waals surface area contributed by atoms with Gasteiger partial charge in [-0.25, -0.2) is 24.6 Å². The van der Waals surface area contributed by atoms with Crippen molar-refractivity contribution in [2.75, 3.05) is 12.0 Å². The Hall–Kier alpha value is -3.03. The minimum Gasteiger partial charge on any atom is -0.481 e. The molecule has 0 atom stereocenters. The number of aromatic nitrogens is 3. The topological polar surface area (TPSA) is 94.5 Å².